The maximum absolute atomic E-state index is 12.4. The number of benzene rings is 3. The first-order chi connectivity index (χ1) is 11.9. The SMILES string of the molecule is CC(C)(S)c1ccc(Sc2ccc(C(=O)c3ccccc3)cc2)cc1. The topological polar surface area (TPSA) is 17.1 Å². The Balaban J connectivity index is 1.72. The maximum atomic E-state index is 12.4. The molecule has 3 rings (SSSR count). The lowest BCUT2D eigenvalue weighted by molar-refractivity contribution is 0.103. The molecule has 0 radical (unpaired) electrons. The van der Waals surface area contributed by atoms with Crippen molar-refractivity contribution in [3.8, 4) is 0 Å². The third-order valence-corrected chi connectivity index (χ3v) is 5.22. The fourth-order valence-electron chi connectivity index (χ4n) is 2.50. The van der Waals surface area contributed by atoms with Crippen molar-refractivity contribution in [1.29, 1.82) is 0 Å². The fourth-order valence-corrected chi connectivity index (χ4v) is 3.46. The van der Waals surface area contributed by atoms with Crippen LogP contribution in [-0.2, 0) is 4.75 Å². The van der Waals surface area contributed by atoms with Crippen LogP contribution < -0.4 is 0 Å². The van der Waals surface area contributed by atoms with Crippen molar-refractivity contribution < 1.29 is 4.79 Å². The highest BCUT2D eigenvalue weighted by Gasteiger charge is 2.14. The first-order valence-electron chi connectivity index (χ1n) is 8.14. The Hall–Kier alpha value is -1.97. The molecule has 0 bridgehead atoms. The van der Waals surface area contributed by atoms with Gasteiger partial charge in [0, 0.05) is 25.7 Å². The van der Waals surface area contributed by atoms with E-state index in [2.05, 4.69) is 50.7 Å². The Morgan fingerprint density at radius 1 is 0.760 bits per heavy atom. The van der Waals surface area contributed by atoms with Crippen LogP contribution >= 0.6 is 24.4 Å². The van der Waals surface area contributed by atoms with Crippen LogP contribution in [0.3, 0.4) is 0 Å². The first-order valence-corrected chi connectivity index (χ1v) is 9.40. The van der Waals surface area contributed by atoms with Crippen LogP contribution in [0.2, 0.25) is 0 Å². The van der Waals surface area contributed by atoms with Crippen molar-refractivity contribution in [2.45, 2.75) is 28.4 Å². The highest BCUT2D eigenvalue weighted by molar-refractivity contribution is 7.99. The van der Waals surface area contributed by atoms with E-state index in [0.717, 1.165) is 4.90 Å². The zero-order chi connectivity index (χ0) is 17.9. The number of hydrogen-bond acceptors (Lipinski definition) is 3. The number of ketones is 1. The molecule has 0 aliphatic rings. The van der Waals surface area contributed by atoms with E-state index in [4.69, 9.17) is 0 Å². The van der Waals surface area contributed by atoms with Gasteiger partial charge in [0.15, 0.2) is 5.78 Å². The molecule has 0 unspecified atom stereocenters. The van der Waals surface area contributed by atoms with Gasteiger partial charge in [0.2, 0.25) is 0 Å². The van der Waals surface area contributed by atoms with Gasteiger partial charge in [-0.05, 0) is 55.8 Å². The largest absolute Gasteiger partial charge is 0.289 e. The molecular weight excluding hydrogens is 344 g/mol. The lowest BCUT2D eigenvalue weighted by Gasteiger charge is -2.18. The standard InChI is InChI=1S/C22H20OS2/c1-22(2,24)18-10-14-20(15-11-18)25-19-12-8-17(9-13-19)21(23)16-6-4-3-5-7-16/h3-15,24H,1-2H3. The first kappa shape index (κ1) is 17.8. The van der Waals surface area contributed by atoms with E-state index in [0.29, 0.717) is 11.1 Å². The molecular formula is C22H20OS2. The highest BCUT2D eigenvalue weighted by Crippen LogP contribution is 2.32. The predicted octanol–water partition coefficient (Wildman–Crippen LogP) is 6.23. The van der Waals surface area contributed by atoms with Crippen molar-refractivity contribution in [3.63, 3.8) is 0 Å². The van der Waals surface area contributed by atoms with Gasteiger partial charge in [-0.2, -0.15) is 12.6 Å². The van der Waals surface area contributed by atoms with E-state index < -0.39 is 0 Å². The van der Waals surface area contributed by atoms with Gasteiger partial charge in [-0.1, -0.05) is 54.2 Å². The summed E-state index contributed by atoms with van der Waals surface area (Å²) in [4.78, 5) is 14.7. The van der Waals surface area contributed by atoms with Crippen LogP contribution in [0.1, 0.15) is 35.3 Å². The average molecular weight is 365 g/mol. The van der Waals surface area contributed by atoms with Gasteiger partial charge >= 0.3 is 0 Å². The predicted molar refractivity (Wildman–Crippen MR) is 109 cm³/mol. The van der Waals surface area contributed by atoms with Gasteiger partial charge in [-0.25, -0.2) is 0 Å². The van der Waals surface area contributed by atoms with Crippen molar-refractivity contribution in [1.82, 2.24) is 0 Å². The molecule has 3 heteroatoms. The van der Waals surface area contributed by atoms with E-state index in [1.165, 1.54) is 10.5 Å². The summed E-state index contributed by atoms with van der Waals surface area (Å²) in [5, 5.41) is 0. The fraction of sp³-hybridized carbons (Fsp3) is 0.136. The average Bonchev–Trinajstić information content (AvgIpc) is 2.62. The number of rotatable bonds is 5. The van der Waals surface area contributed by atoms with Crippen molar-refractivity contribution in [3.05, 3.63) is 95.6 Å². The molecule has 0 atom stereocenters. The van der Waals surface area contributed by atoms with E-state index in [1.54, 1.807) is 11.8 Å². The van der Waals surface area contributed by atoms with Gasteiger partial charge in [-0.3, -0.25) is 4.79 Å². The van der Waals surface area contributed by atoms with Crippen LogP contribution in [0, 0.1) is 0 Å². The smallest absolute Gasteiger partial charge is 0.193 e. The summed E-state index contributed by atoms with van der Waals surface area (Å²) in [6, 6.07) is 25.6. The molecule has 1 nitrogen and oxygen atoms in total. The minimum Gasteiger partial charge on any atom is -0.289 e. The highest BCUT2D eigenvalue weighted by atomic mass is 32.2. The van der Waals surface area contributed by atoms with E-state index in [-0.39, 0.29) is 10.5 Å². The zero-order valence-electron chi connectivity index (χ0n) is 14.3. The molecule has 0 aromatic heterocycles. The monoisotopic (exact) mass is 364 g/mol. The summed E-state index contributed by atoms with van der Waals surface area (Å²) >= 11 is 6.29. The zero-order valence-corrected chi connectivity index (χ0v) is 16.0. The number of carbonyl (C=O) groups excluding carboxylic acids is 1. The molecule has 0 aliphatic carbocycles. The van der Waals surface area contributed by atoms with Crippen LogP contribution in [0.25, 0.3) is 0 Å². The molecule has 0 spiro atoms. The molecule has 25 heavy (non-hydrogen) atoms. The van der Waals surface area contributed by atoms with Gasteiger partial charge in [0.1, 0.15) is 0 Å². The minimum atomic E-state index is -0.136. The second-order valence-corrected chi connectivity index (χ2v) is 8.67. The second-order valence-electron chi connectivity index (χ2n) is 6.40. The van der Waals surface area contributed by atoms with Gasteiger partial charge in [0.05, 0.1) is 0 Å². The van der Waals surface area contributed by atoms with E-state index in [9.17, 15) is 4.79 Å². The van der Waals surface area contributed by atoms with Crippen LogP contribution in [0.4, 0.5) is 0 Å². The quantitative estimate of drug-likeness (QED) is 0.427. The number of hydrogen-bond donors (Lipinski definition) is 1. The van der Waals surface area contributed by atoms with Crippen LogP contribution in [0.5, 0.6) is 0 Å². The maximum Gasteiger partial charge on any atom is 0.193 e. The van der Waals surface area contributed by atoms with Gasteiger partial charge in [0.25, 0.3) is 0 Å². The third-order valence-electron chi connectivity index (χ3n) is 3.95. The molecule has 3 aromatic carbocycles. The Labute approximate surface area is 158 Å². The minimum absolute atomic E-state index is 0.0533. The normalized spacial score (nSPS) is 11.3. The molecule has 0 saturated heterocycles. The van der Waals surface area contributed by atoms with E-state index >= 15 is 0 Å². The molecule has 3 aromatic rings. The summed E-state index contributed by atoms with van der Waals surface area (Å²) in [6.45, 7) is 4.17. The van der Waals surface area contributed by atoms with E-state index in [1.807, 2.05) is 54.6 Å². The Bertz CT molecular complexity index is 845. The van der Waals surface area contributed by atoms with Crippen LogP contribution in [-0.4, -0.2) is 5.78 Å². The molecule has 0 amide bonds. The summed E-state index contributed by atoms with van der Waals surface area (Å²) < 4.78 is -0.136. The molecule has 126 valence electrons. The Morgan fingerprint density at radius 2 is 1.24 bits per heavy atom. The summed E-state index contributed by atoms with van der Waals surface area (Å²) in [5.41, 5.74) is 2.62. The molecule has 0 saturated carbocycles. The lowest BCUT2D eigenvalue weighted by Crippen LogP contribution is -2.06. The Morgan fingerprint density at radius 3 is 1.76 bits per heavy atom. The second kappa shape index (κ2) is 7.51. The van der Waals surface area contributed by atoms with Gasteiger partial charge in [-0.15, -0.1) is 0 Å². The molecule has 0 fully saturated rings. The van der Waals surface area contributed by atoms with Crippen LogP contribution in [0.15, 0.2) is 88.7 Å². The number of thiol groups is 1. The summed E-state index contributed by atoms with van der Waals surface area (Å²) in [7, 11) is 0. The molecule has 0 aliphatic heterocycles. The number of carbonyl (C=O) groups is 1. The molecule has 0 heterocycles. The van der Waals surface area contributed by atoms with Crippen molar-refractivity contribution in [2.75, 3.05) is 0 Å². The summed E-state index contributed by atoms with van der Waals surface area (Å²) in [6.07, 6.45) is 0. The van der Waals surface area contributed by atoms with Gasteiger partial charge < -0.3 is 0 Å². The lowest BCUT2D eigenvalue weighted by atomic mass is 10.0. The molecule has 0 N–H and O–H groups in total. The summed E-state index contributed by atoms with van der Waals surface area (Å²) in [5.74, 6) is 0.0533. The third kappa shape index (κ3) is 4.56. The Kier molecular flexibility index (Phi) is 5.36. The van der Waals surface area contributed by atoms with Crippen molar-refractivity contribution >= 4 is 30.2 Å². The van der Waals surface area contributed by atoms with Crippen molar-refractivity contribution in [2.24, 2.45) is 0 Å².